The van der Waals surface area contributed by atoms with Crippen molar-refractivity contribution in [1.82, 2.24) is 0 Å². The minimum absolute atomic E-state index is 0.0400. The molecule has 0 heterocycles. The average Bonchev–Trinajstić information content (AvgIpc) is 2.36. The first-order valence-electron chi connectivity index (χ1n) is 6.33. The van der Waals surface area contributed by atoms with Crippen LogP contribution in [0.25, 0.3) is 0 Å². The molecule has 1 aromatic carbocycles. The maximum Gasteiger partial charge on any atom is 0.338 e. The van der Waals surface area contributed by atoms with Gasteiger partial charge in [-0.05, 0) is 38.8 Å². The molecule has 0 spiro atoms. The third-order valence-electron chi connectivity index (χ3n) is 2.82. The van der Waals surface area contributed by atoms with Crippen molar-refractivity contribution in [2.45, 2.75) is 45.6 Å². The minimum Gasteiger partial charge on any atom is -0.456 e. The molecule has 5 heteroatoms. The molecule has 0 unspecified atom stereocenters. The number of nitro benzene ring substituents is 1. The third-order valence-corrected chi connectivity index (χ3v) is 2.82. The molecule has 0 aliphatic carbocycles. The number of hydrogen-bond donors (Lipinski definition) is 0. The first kappa shape index (κ1) is 15.1. The van der Waals surface area contributed by atoms with Gasteiger partial charge in [-0.1, -0.05) is 13.3 Å². The summed E-state index contributed by atoms with van der Waals surface area (Å²) in [5.74, 6) is -0.448. The highest BCUT2D eigenvalue weighted by atomic mass is 16.6. The summed E-state index contributed by atoms with van der Waals surface area (Å²) in [7, 11) is 0. The molecule has 19 heavy (non-hydrogen) atoms. The van der Waals surface area contributed by atoms with Crippen molar-refractivity contribution < 1.29 is 14.5 Å². The van der Waals surface area contributed by atoms with E-state index in [1.54, 1.807) is 0 Å². The Balaban J connectivity index is 2.70. The molecular formula is C14H19NO4. The molecule has 1 aromatic rings. The molecule has 0 saturated carbocycles. The highest BCUT2D eigenvalue weighted by molar-refractivity contribution is 5.89. The lowest BCUT2D eigenvalue weighted by Gasteiger charge is -2.24. The quantitative estimate of drug-likeness (QED) is 0.446. The summed E-state index contributed by atoms with van der Waals surface area (Å²) in [6, 6.07) is 5.43. The molecule has 0 amide bonds. The number of carbonyl (C=O) groups is 1. The van der Waals surface area contributed by atoms with Crippen LogP contribution in [0, 0.1) is 10.1 Å². The Labute approximate surface area is 112 Å². The van der Waals surface area contributed by atoms with E-state index in [-0.39, 0.29) is 5.69 Å². The normalized spacial score (nSPS) is 11.1. The van der Waals surface area contributed by atoms with Gasteiger partial charge in [0, 0.05) is 12.1 Å². The van der Waals surface area contributed by atoms with Crippen LogP contribution >= 0.6 is 0 Å². The summed E-state index contributed by atoms with van der Waals surface area (Å²) in [5.41, 5.74) is -0.230. The largest absolute Gasteiger partial charge is 0.456 e. The van der Waals surface area contributed by atoms with E-state index in [4.69, 9.17) is 4.74 Å². The lowest BCUT2D eigenvalue weighted by atomic mass is 10.0. The number of unbranched alkanes of at least 4 members (excludes halogenated alkanes) is 1. The van der Waals surface area contributed by atoms with E-state index in [2.05, 4.69) is 6.92 Å². The zero-order valence-electron chi connectivity index (χ0n) is 11.5. The van der Waals surface area contributed by atoms with Crippen LogP contribution < -0.4 is 0 Å². The van der Waals surface area contributed by atoms with Crippen molar-refractivity contribution in [3.8, 4) is 0 Å². The molecule has 0 atom stereocenters. The van der Waals surface area contributed by atoms with Crippen LogP contribution in [0.4, 0.5) is 5.69 Å². The van der Waals surface area contributed by atoms with Crippen molar-refractivity contribution in [3.05, 3.63) is 39.9 Å². The maximum absolute atomic E-state index is 11.9. The molecule has 0 N–H and O–H groups in total. The Morgan fingerprint density at radius 1 is 1.32 bits per heavy atom. The fourth-order valence-corrected chi connectivity index (χ4v) is 1.68. The van der Waals surface area contributed by atoms with Gasteiger partial charge in [0.2, 0.25) is 0 Å². The van der Waals surface area contributed by atoms with E-state index >= 15 is 0 Å². The van der Waals surface area contributed by atoms with Gasteiger partial charge in [-0.25, -0.2) is 4.79 Å². The Bertz CT molecular complexity index is 451. The molecular weight excluding hydrogens is 246 g/mol. The van der Waals surface area contributed by atoms with Crippen molar-refractivity contribution in [2.75, 3.05) is 0 Å². The van der Waals surface area contributed by atoms with Crippen LogP contribution in [-0.4, -0.2) is 16.5 Å². The number of carbonyl (C=O) groups excluding carboxylic acids is 1. The van der Waals surface area contributed by atoms with Crippen LogP contribution in [-0.2, 0) is 4.74 Å². The van der Waals surface area contributed by atoms with Crippen LogP contribution in [0.2, 0.25) is 0 Å². The Kier molecular flexibility index (Phi) is 5.03. The molecule has 0 fully saturated rings. The summed E-state index contributed by atoms with van der Waals surface area (Å²) in [6.45, 7) is 5.81. The lowest BCUT2D eigenvalue weighted by Crippen LogP contribution is -2.28. The molecule has 104 valence electrons. The molecule has 5 nitrogen and oxygen atoms in total. The van der Waals surface area contributed by atoms with Crippen LogP contribution in [0.5, 0.6) is 0 Å². The topological polar surface area (TPSA) is 69.4 Å². The third kappa shape index (κ3) is 4.69. The van der Waals surface area contributed by atoms with Crippen LogP contribution in [0.3, 0.4) is 0 Å². The highest BCUT2D eigenvalue weighted by Gasteiger charge is 2.23. The number of nitro groups is 1. The average molecular weight is 265 g/mol. The number of ether oxygens (including phenoxy) is 1. The fourth-order valence-electron chi connectivity index (χ4n) is 1.68. The van der Waals surface area contributed by atoms with Gasteiger partial charge in [0.15, 0.2) is 0 Å². The summed E-state index contributed by atoms with van der Waals surface area (Å²) >= 11 is 0. The molecule has 0 aliphatic heterocycles. The summed E-state index contributed by atoms with van der Waals surface area (Å²) < 4.78 is 5.42. The fraction of sp³-hybridized carbons (Fsp3) is 0.500. The number of nitrogens with zero attached hydrogens (tertiary/aromatic N) is 1. The predicted molar refractivity (Wildman–Crippen MR) is 72.1 cm³/mol. The first-order valence-corrected chi connectivity index (χ1v) is 6.33. The van der Waals surface area contributed by atoms with Gasteiger partial charge in [0.25, 0.3) is 5.69 Å². The van der Waals surface area contributed by atoms with Gasteiger partial charge < -0.3 is 4.74 Å². The number of hydrogen-bond acceptors (Lipinski definition) is 4. The molecule has 1 rings (SSSR count). The van der Waals surface area contributed by atoms with Gasteiger partial charge in [-0.3, -0.25) is 10.1 Å². The number of benzene rings is 1. The Hall–Kier alpha value is -1.91. The van der Waals surface area contributed by atoms with Crippen molar-refractivity contribution in [3.63, 3.8) is 0 Å². The van der Waals surface area contributed by atoms with Gasteiger partial charge >= 0.3 is 5.97 Å². The second kappa shape index (κ2) is 6.31. The second-order valence-corrected chi connectivity index (χ2v) is 5.06. The summed E-state index contributed by atoms with van der Waals surface area (Å²) in [5, 5.41) is 10.5. The van der Waals surface area contributed by atoms with Gasteiger partial charge in [0.1, 0.15) is 5.60 Å². The lowest BCUT2D eigenvalue weighted by molar-refractivity contribution is -0.384. The summed E-state index contributed by atoms with van der Waals surface area (Å²) in [4.78, 5) is 21.9. The predicted octanol–water partition coefficient (Wildman–Crippen LogP) is 3.72. The zero-order valence-corrected chi connectivity index (χ0v) is 11.5. The van der Waals surface area contributed by atoms with Gasteiger partial charge in [-0.15, -0.1) is 0 Å². The summed E-state index contributed by atoms with van der Waals surface area (Å²) in [6.07, 6.45) is 2.82. The zero-order chi connectivity index (χ0) is 14.5. The maximum atomic E-state index is 11.9. The van der Waals surface area contributed by atoms with E-state index in [9.17, 15) is 14.9 Å². The second-order valence-electron chi connectivity index (χ2n) is 5.06. The molecule has 0 bridgehead atoms. The molecule has 0 aliphatic rings. The van der Waals surface area contributed by atoms with Crippen LogP contribution in [0.1, 0.15) is 50.4 Å². The Morgan fingerprint density at radius 2 is 1.89 bits per heavy atom. The van der Waals surface area contributed by atoms with Crippen molar-refractivity contribution in [2.24, 2.45) is 0 Å². The minimum atomic E-state index is -0.519. The SMILES string of the molecule is CCCCC(C)(C)OC(=O)c1ccc([N+](=O)[O-])cc1. The smallest absolute Gasteiger partial charge is 0.338 e. The van der Waals surface area contributed by atoms with Gasteiger partial charge in [-0.2, -0.15) is 0 Å². The van der Waals surface area contributed by atoms with Crippen molar-refractivity contribution in [1.29, 1.82) is 0 Å². The van der Waals surface area contributed by atoms with E-state index in [0.29, 0.717) is 5.56 Å². The number of rotatable bonds is 6. The van der Waals surface area contributed by atoms with Crippen LogP contribution in [0.15, 0.2) is 24.3 Å². The van der Waals surface area contributed by atoms with E-state index in [1.165, 1.54) is 24.3 Å². The van der Waals surface area contributed by atoms with E-state index in [1.807, 2.05) is 13.8 Å². The van der Waals surface area contributed by atoms with Crippen molar-refractivity contribution >= 4 is 11.7 Å². The van der Waals surface area contributed by atoms with Gasteiger partial charge in [0.05, 0.1) is 10.5 Å². The molecule has 0 saturated heterocycles. The van der Waals surface area contributed by atoms with E-state index < -0.39 is 16.5 Å². The number of esters is 1. The first-order chi connectivity index (χ1) is 8.85. The Morgan fingerprint density at radius 3 is 2.37 bits per heavy atom. The highest BCUT2D eigenvalue weighted by Crippen LogP contribution is 2.21. The monoisotopic (exact) mass is 265 g/mol. The molecule has 0 radical (unpaired) electrons. The molecule has 0 aromatic heterocycles. The standard InChI is InChI=1S/C14H19NO4/c1-4-5-10-14(2,3)19-13(16)11-6-8-12(9-7-11)15(17)18/h6-9H,4-5,10H2,1-3H3. The van der Waals surface area contributed by atoms with E-state index in [0.717, 1.165) is 19.3 Å². The number of non-ortho nitro benzene ring substituents is 1.